The largest absolute Gasteiger partial charge is 0.446 e. The number of aromatic nitrogens is 5. The van der Waals surface area contributed by atoms with E-state index in [4.69, 9.17) is 4.42 Å². The summed E-state index contributed by atoms with van der Waals surface area (Å²) in [5, 5.41) is 19.2. The average molecular weight is 381 g/mol. The van der Waals surface area contributed by atoms with Gasteiger partial charge in [0.2, 0.25) is 0 Å². The van der Waals surface area contributed by atoms with Crippen LogP contribution in [0.5, 0.6) is 0 Å². The fourth-order valence-corrected chi connectivity index (χ4v) is 5.31. The molecule has 0 aliphatic carbocycles. The number of sulfone groups is 1. The number of aryl methyl sites for hydroxylation is 1. The number of furan rings is 1. The molecule has 4 rings (SSSR count). The fraction of sp³-hybridized carbons (Fsp3) is 0.357. The smallest absolute Gasteiger partial charge is 0.198 e. The number of hydrogen-bond acceptors (Lipinski definition) is 8. The zero-order valence-electron chi connectivity index (χ0n) is 13.2. The van der Waals surface area contributed by atoms with E-state index in [1.165, 1.54) is 11.8 Å². The molecule has 0 radical (unpaired) electrons. The summed E-state index contributed by atoms with van der Waals surface area (Å²) in [6.07, 6.45) is 3.86. The van der Waals surface area contributed by atoms with Crippen LogP contribution in [0.1, 0.15) is 6.04 Å². The maximum atomic E-state index is 11.8. The minimum absolute atomic E-state index is 0.112. The Labute approximate surface area is 147 Å². The summed E-state index contributed by atoms with van der Waals surface area (Å²) < 4.78 is 32.8. The maximum Gasteiger partial charge on any atom is 0.198 e. The standard InChI is InChI=1S/C14H15N5O4S2/c1-18-8-16-17-14(18)24-12-3-2-11(23-12)13-15-4-5-19(13)9-6-25(21,22)7-10(9)20/h2-5,8-10,20H,6-7H2,1H3/t9-,10-/m1/s1. The number of aliphatic hydroxyl groups excluding tert-OH is 1. The third kappa shape index (κ3) is 3.10. The topological polar surface area (TPSA) is 116 Å². The highest BCUT2D eigenvalue weighted by molar-refractivity contribution is 7.99. The molecule has 0 amide bonds. The van der Waals surface area contributed by atoms with Crippen LogP contribution in [0.25, 0.3) is 11.6 Å². The SMILES string of the molecule is Cn1cnnc1Sc1ccc(-c2nccn2[C@@H]2CS(=O)(=O)C[C@H]2O)o1. The molecule has 0 saturated carbocycles. The normalized spacial score (nSPS) is 22.5. The van der Waals surface area contributed by atoms with Crippen molar-refractivity contribution in [1.82, 2.24) is 24.3 Å². The first-order valence-electron chi connectivity index (χ1n) is 7.46. The Morgan fingerprint density at radius 3 is 2.88 bits per heavy atom. The van der Waals surface area contributed by atoms with Gasteiger partial charge >= 0.3 is 0 Å². The Balaban J connectivity index is 1.62. The molecule has 1 fully saturated rings. The van der Waals surface area contributed by atoms with Crippen molar-refractivity contribution < 1.29 is 17.9 Å². The van der Waals surface area contributed by atoms with Crippen LogP contribution in [0, 0.1) is 0 Å². The first-order chi connectivity index (χ1) is 11.9. The van der Waals surface area contributed by atoms with E-state index in [1.807, 2.05) is 7.05 Å². The molecule has 0 aromatic carbocycles. The van der Waals surface area contributed by atoms with Crippen LogP contribution in [0.3, 0.4) is 0 Å². The van der Waals surface area contributed by atoms with Gasteiger partial charge in [0.15, 0.2) is 31.7 Å². The second kappa shape index (κ2) is 6.00. The van der Waals surface area contributed by atoms with Crippen molar-refractivity contribution in [3.63, 3.8) is 0 Å². The molecule has 0 bridgehead atoms. The molecule has 9 nitrogen and oxygen atoms in total. The molecule has 1 saturated heterocycles. The van der Waals surface area contributed by atoms with E-state index in [0.29, 0.717) is 21.8 Å². The molecule has 11 heteroatoms. The van der Waals surface area contributed by atoms with Crippen molar-refractivity contribution in [3.8, 4) is 11.6 Å². The molecule has 1 aliphatic heterocycles. The lowest BCUT2D eigenvalue weighted by Gasteiger charge is -2.16. The van der Waals surface area contributed by atoms with Gasteiger partial charge in [-0.25, -0.2) is 13.4 Å². The summed E-state index contributed by atoms with van der Waals surface area (Å²) in [4.78, 5) is 4.26. The van der Waals surface area contributed by atoms with E-state index in [2.05, 4.69) is 15.2 Å². The molecule has 3 aromatic heterocycles. The monoisotopic (exact) mass is 381 g/mol. The summed E-state index contributed by atoms with van der Waals surface area (Å²) in [6, 6.07) is 2.98. The molecule has 25 heavy (non-hydrogen) atoms. The number of hydrogen-bond donors (Lipinski definition) is 1. The zero-order valence-corrected chi connectivity index (χ0v) is 14.8. The van der Waals surface area contributed by atoms with Crippen LogP contribution in [0.2, 0.25) is 0 Å². The molecular weight excluding hydrogens is 366 g/mol. The third-order valence-corrected chi connectivity index (χ3v) is 6.65. The average Bonchev–Trinajstić information content (AvgIpc) is 3.28. The Morgan fingerprint density at radius 1 is 1.36 bits per heavy atom. The predicted molar refractivity (Wildman–Crippen MR) is 88.8 cm³/mol. The number of rotatable bonds is 4. The first-order valence-corrected chi connectivity index (χ1v) is 10.1. The Morgan fingerprint density at radius 2 is 2.20 bits per heavy atom. The first kappa shape index (κ1) is 16.4. The van der Waals surface area contributed by atoms with Gasteiger partial charge in [0.1, 0.15) is 6.33 Å². The van der Waals surface area contributed by atoms with Crippen molar-refractivity contribution in [2.24, 2.45) is 7.05 Å². The van der Waals surface area contributed by atoms with Gasteiger partial charge in [-0.3, -0.25) is 0 Å². The maximum absolute atomic E-state index is 11.8. The second-order valence-corrected chi connectivity index (χ2v) is 8.94. The minimum atomic E-state index is -3.25. The highest BCUT2D eigenvalue weighted by Crippen LogP contribution is 2.33. The summed E-state index contributed by atoms with van der Waals surface area (Å²) in [7, 11) is -1.42. The number of aliphatic hydroxyl groups is 1. The van der Waals surface area contributed by atoms with E-state index >= 15 is 0 Å². The van der Waals surface area contributed by atoms with Gasteiger partial charge in [0.25, 0.3) is 0 Å². The highest BCUT2D eigenvalue weighted by Gasteiger charge is 2.38. The molecule has 2 atom stereocenters. The van der Waals surface area contributed by atoms with Gasteiger partial charge in [0.05, 0.1) is 23.7 Å². The van der Waals surface area contributed by atoms with Gasteiger partial charge in [-0.05, 0) is 23.9 Å². The number of nitrogens with zero attached hydrogens (tertiary/aromatic N) is 5. The molecular formula is C14H15N5O4S2. The highest BCUT2D eigenvalue weighted by atomic mass is 32.2. The zero-order chi connectivity index (χ0) is 17.6. The second-order valence-electron chi connectivity index (χ2n) is 5.81. The van der Waals surface area contributed by atoms with Crippen molar-refractivity contribution in [2.45, 2.75) is 22.4 Å². The van der Waals surface area contributed by atoms with Crippen molar-refractivity contribution in [2.75, 3.05) is 11.5 Å². The molecule has 1 N–H and O–H groups in total. The van der Waals surface area contributed by atoms with Gasteiger partial charge < -0.3 is 18.7 Å². The van der Waals surface area contributed by atoms with Crippen LogP contribution in [0.15, 0.2) is 45.5 Å². The lowest BCUT2D eigenvalue weighted by molar-refractivity contribution is 0.153. The van der Waals surface area contributed by atoms with Crippen LogP contribution in [-0.4, -0.2) is 55.4 Å². The van der Waals surface area contributed by atoms with Gasteiger partial charge in [0, 0.05) is 19.4 Å². The molecule has 0 spiro atoms. The Bertz CT molecular complexity index is 1010. The summed E-state index contributed by atoms with van der Waals surface area (Å²) in [6.45, 7) is 0. The molecule has 0 unspecified atom stereocenters. The fourth-order valence-electron chi connectivity index (χ4n) is 2.80. The van der Waals surface area contributed by atoms with Gasteiger partial charge in [-0.15, -0.1) is 10.2 Å². The predicted octanol–water partition coefficient (Wildman–Crippen LogP) is 0.753. The Kier molecular flexibility index (Phi) is 3.93. The summed E-state index contributed by atoms with van der Waals surface area (Å²) in [5.74, 6) is 0.622. The van der Waals surface area contributed by atoms with Crippen LogP contribution in [0.4, 0.5) is 0 Å². The van der Waals surface area contributed by atoms with Crippen molar-refractivity contribution in [3.05, 3.63) is 30.9 Å². The van der Waals surface area contributed by atoms with Gasteiger partial charge in [-0.2, -0.15) is 0 Å². The van der Waals surface area contributed by atoms with E-state index in [0.717, 1.165) is 0 Å². The number of imidazole rings is 1. The minimum Gasteiger partial charge on any atom is -0.446 e. The lowest BCUT2D eigenvalue weighted by Crippen LogP contribution is -2.22. The van der Waals surface area contributed by atoms with Crippen LogP contribution >= 0.6 is 11.8 Å². The molecule has 3 aromatic rings. The Hall–Kier alpha value is -2.11. The third-order valence-electron chi connectivity index (χ3n) is 3.98. The van der Waals surface area contributed by atoms with E-state index in [9.17, 15) is 13.5 Å². The molecule has 132 valence electrons. The lowest BCUT2D eigenvalue weighted by atomic mass is 10.2. The molecule has 1 aliphatic rings. The summed E-state index contributed by atoms with van der Waals surface area (Å²) in [5.41, 5.74) is 0. The van der Waals surface area contributed by atoms with E-state index in [1.54, 1.807) is 40.0 Å². The van der Waals surface area contributed by atoms with Crippen LogP contribution < -0.4 is 0 Å². The van der Waals surface area contributed by atoms with Crippen molar-refractivity contribution in [1.29, 1.82) is 0 Å². The molecule has 4 heterocycles. The summed E-state index contributed by atoms with van der Waals surface area (Å²) >= 11 is 1.32. The van der Waals surface area contributed by atoms with E-state index < -0.39 is 22.0 Å². The van der Waals surface area contributed by atoms with Crippen LogP contribution in [-0.2, 0) is 16.9 Å². The van der Waals surface area contributed by atoms with E-state index in [-0.39, 0.29) is 11.5 Å². The van der Waals surface area contributed by atoms with Gasteiger partial charge in [-0.1, -0.05) is 0 Å². The quantitative estimate of drug-likeness (QED) is 0.704. The van der Waals surface area contributed by atoms with Crippen molar-refractivity contribution >= 4 is 21.6 Å².